The van der Waals surface area contributed by atoms with Gasteiger partial charge in [-0.25, -0.2) is 8.42 Å². The van der Waals surface area contributed by atoms with E-state index in [9.17, 15) is 13.2 Å². The normalized spacial score (nSPS) is 21.9. The zero-order chi connectivity index (χ0) is 16.7. The molecule has 1 aromatic carbocycles. The number of para-hydroxylation sites is 1. The summed E-state index contributed by atoms with van der Waals surface area (Å²) in [7, 11) is -2.89. The first-order valence-electron chi connectivity index (χ1n) is 8.59. The molecule has 0 radical (unpaired) electrons. The van der Waals surface area contributed by atoms with E-state index in [1.165, 1.54) is 16.6 Å². The zero-order valence-corrected chi connectivity index (χ0v) is 14.4. The molecule has 128 valence electrons. The second kappa shape index (κ2) is 5.92. The van der Waals surface area contributed by atoms with Crippen LogP contribution in [-0.2, 0) is 34.0 Å². The van der Waals surface area contributed by atoms with Crippen molar-refractivity contribution >= 4 is 26.6 Å². The van der Waals surface area contributed by atoms with Gasteiger partial charge in [0.1, 0.15) is 6.54 Å². The lowest BCUT2D eigenvalue weighted by molar-refractivity contribution is -0.121. The van der Waals surface area contributed by atoms with Crippen molar-refractivity contribution in [3.05, 3.63) is 35.5 Å². The molecular formula is C18H22N2O3S. The highest BCUT2D eigenvalue weighted by atomic mass is 32.2. The zero-order valence-electron chi connectivity index (χ0n) is 13.6. The standard InChI is InChI=1S/C18H22N2O3S/c21-18(19-10-13-8-9-24(22,23)12-13)11-20-16-6-2-1-4-14(16)15-5-3-7-17(15)20/h1-2,4,6,13H,3,5,7-12H2,(H,19,21)/t13-/m0/s1. The van der Waals surface area contributed by atoms with Crippen LogP contribution in [0.25, 0.3) is 10.9 Å². The molecule has 6 heteroatoms. The number of nitrogens with zero attached hydrogens (tertiary/aromatic N) is 1. The summed E-state index contributed by atoms with van der Waals surface area (Å²) in [6.07, 6.45) is 3.92. The van der Waals surface area contributed by atoms with Crippen LogP contribution in [0.2, 0.25) is 0 Å². The van der Waals surface area contributed by atoms with Crippen LogP contribution in [0.5, 0.6) is 0 Å². The molecule has 2 aliphatic rings. The lowest BCUT2D eigenvalue weighted by Crippen LogP contribution is -2.32. The Morgan fingerprint density at radius 3 is 2.88 bits per heavy atom. The van der Waals surface area contributed by atoms with Gasteiger partial charge in [-0.15, -0.1) is 0 Å². The highest BCUT2D eigenvalue weighted by Gasteiger charge is 2.28. The minimum atomic E-state index is -2.89. The lowest BCUT2D eigenvalue weighted by atomic mass is 10.1. The van der Waals surface area contributed by atoms with E-state index in [1.807, 2.05) is 12.1 Å². The first-order valence-corrected chi connectivity index (χ1v) is 10.4. The summed E-state index contributed by atoms with van der Waals surface area (Å²) < 4.78 is 25.1. The third kappa shape index (κ3) is 2.83. The van der Waals surface area contributed by atoms with Crippen molar-refractivity contribution in [2.45, 2.75) is 32.2 Å². The van der Waals surface area contributed by atoms with E-state index in [4.69, 9.17) is 0 Å². The predicted molar refractivity (Wildman–Crippen MR) is 93.7 cm³/mol. The Balaban J connectivity index is 1.48. The maximum absolute atomic E-state index is 12.4. The van der Waals surface area contributed by atoms with Gasteiger partial charge in [-0.2, -0.15) is 0 Å². The Bertz CT molecular complexity index is 898. The third-order valence-electron chi connectivity index (χ3n) is 5.25. The number of carbonyl (C=O) groups is 1. The van der Waals surface area contributed by atoms with Gasteiger partial charge in [0.15, 0.2) is 9.84 Å². The molecule has 1 atom stereocenters. The van der Waals surface area contributed by atoms with Crippen molar-refractivity contribution in [3.63, 3.8) is 0 Å². The largest absolute Gasteiger partial charge is 0.354 e. The number of carbonyl (C=O) groups excluding carboxylic acids is 1. The molecule has 24 heavy (non-hydrogen) atoms. The molecule has 1 N–H and O–H groups in total. The third-order valence-corrected chi connectivity index (χ3v) is 7.09. The van der Waals surface area contributed by atoms with Crippen molar-refractivity contribution < 1.29 is 13.2 Å². The van der Waals surface area contributed by atoms with Gasteiger partial charge >= 0.3 is 0 Å². The van der Waals surface area contributed by atoms with Gasteiger partial charge in [0, 0.05) is 23.1 Å². The Hall–Kier alpha value is -1.82. The minimum Gasteiger partial charge on any atom is -0.354 e. The summed E-state index contributed by atoms with van der Waals surface area (Å²) in [6, 6.07) is 8.27. The van der Waals surface area contributed by atoms with E-state index in [0.29, 0.717) is 19.5 Å². The van der Waals surface area contributed by atoms with Crippen LogP contribution in [0, 0.1) is 5.92 Å². The van der Waals surface area contributed by atoms with Gasteiger partial charge in [0.2, 0.25) is 5.91 Å². The number of hydrogen-bond donors (Lipinski definition) is 1. The average Bonchev–Trinajstić information content (AvgIpc) is 3.22. The fourth-order valence-corrected chi connectivity index (χ4v) is 5.96. The summed E-state index contributed by atoms with van der Waals surface area (Å²) in [5.41, 5.74) is 3.80. The number of benzene rings is 1. The van der Waals surface area contributed by atoms with E-state index in [-0.39, 0.29) is 23.3 Å². The molecule has 0 bridgehead atoms. The molecule has 4 rings (SSSR count). The topological polar surface area (TPSA) is 68.2 Å². The summed E-state index contributed by atoms with van der Waals surface area (Å²) in [5, 5.41) is 4.20. The van der Waals surface area contributed by atoms with Gasteiger partial charge in [0.05, 0.1) is 11.5 Å². The van der Waals surface area contributed by atoms with Crippen LogP contribution in [0.15, 0.2) is 24.3 Å². The van der Waals surface area contributed by atoms with Crippen LogP contribution < -0.4 is 5.32 Å². The summed E-state index contributed by atoms with van der Waals surface area (Å²) >= 11 is 0. The molecule has 1 saturated heterocycles. The van der Waals surface area contributed by atoms with Gasteiger partial charge in [0.25, 0.3) is 0 Å². The highest BCUT2D eigenvalue weighted by molar-refractivity contribution is 7.91. The number of aryl methyl sites for hydroxylation is 1. The van der Waals surface area contributed by atoms with Gasteiger partial charge < -0.3 is 9.88 Å². The van der Waals surface area contributed by atoms with E-state index in [1.54, 1.807) is 0 Å². The maximum atomic E-state index is 12.4. The number of rotatable bonds is 4. The second-order valence-corrected chi connectivity index (χ2v) is 9.18. The SMILES string of the molecule is O=C(Cn1c2c(c3ccccc31)CCC2)NC[C@@H]1CCS(=O)(=O)C1. The van der Waals surface area contributed by atoms with Crippen LogP contribution in [0.1, 0.15) is 24.1 Å². The van der Waals surface area contributed by atoms with Gasteiger partial charge in [-0.3, -0.25) is 4.79 Å². The van der Waals surface area contributed by atoms with Gasteiger partial charge in [-0.1, -0.05) is 18.2 Å². The average molecular weight is 346 g/mol. The molecular weight excluding hydrogens is 324 g/mol. The van der Waals surface area contributed by atoms with Crippen molar-refractivity contribution in [2.24, 2.45) is 5.92 Å². The molecule has 1 fully saturated rings. The number of sulfone groups is 1. The molecule has 2 heterocycles. The summed E-state index contributed by atoms with van der Waals surface area (Å²) in [6.45, 7) is 0.773. The van der Waals surface area contributed by atoms with Crippen LogP contribution in [0.3, 0.4) is 0 Å². The van der Waals surface area contributed by atoms with Crippen LogP contribution in [-0.4, -0.2) is 36.9 Å². The Morgan fingerprint density at radius 1 is 1.25 bits per heavy atom. The number of nitrogens with one attached hydrogen (secondary N) is 1. The Kier molecular flexibility index (Phi) is 3.87. The first kappa shape index (κ1) is 15.7. The van der Waals surface area contributed by atoms with E-state index < -0.39 is 9.84 Å². The molecule has 5 nitrogen and oxygen atoms in total. The molecule has 0 unspecified atom stereocenters. The number of hydrogen-bond acceptors (Lipinski definition) is 3. The van der Waals surface area contributed by atoms with Crippen LogP contribution in [0.4, 0.5) is 0 Å². The summed E-state index contributed by atoms with van der Waals surface area (Å²) in [5.74, 6) is 0.485. The molecule has 0 spiro atoms. The van der Waals surface area contributed by atoms with Crippen molar-refractivity contribution in [1.82, 2.24) is 9.88 Å². The van der Waals surface area contributed by atoms with E-state index in [0.717, 1.165) is 24.8 Å². The predicted octanol–water partition coefficient (Wildman–Crippen LogP) is 1.68. The number of aromatic nitrogens is 1. The minimum absolute atomic E-state index is 0.0326. The second-order valence-electron chi connectivity index (χ2n) is 6.96. The van der Waals surface area contributed by atoms with Crippen molar-refractivity contribution in [3.8, 4) is 0 Å². The summed E-state index contributed by atoms with van der Waals surface area (Å²) in [4.78, 5) is 12.4. The lowest BCUT2D eigenvalue weighted by Gasteiger charge is -2.12. The van der Waals surface area contributed by atoms with Crippen LogP contribution >= 0.6 is 0 Å². The Labute approximate surface area is 142 Å². The molecule has 1 aliphatic heterocycles. The molecule has 1 aliphatic carbocycles. The number of amides is 1. The van der Waals surface area contributed by atoms with Gasteiger partial charge in [-0.05, 0) is 43.2 Å². The van der Waals surface area contributed by atoms with Crippen molar-refractivity contribution in [1.29, 1.82) is 0 Å². The maximum Gasteiger partial charge on any atom is 0.239 e. The monoisotopic (exact) mass is 346 g/mol. The van der Waals surface area contributed by atoms with E-state index >= 15 is 0 Å². The molecule has 1 aromatic heterocycles. The number of fused-ring (bicyclic) bond motifs is 3. The highest BCUT2D eigenvalue weighted by Crippen LogP contribution is 2.32. The smallest absolute Gasteiger partial charge is 0.239 e. The van der Waals surface area contributed by atoms with Crippen molar-refractivity contribution in [2.75, 3.05) is 18.1 Å². The molecule has 1 amide bonds. The fraction of sp³-hybridized carbons (Fsp3) is 0.500. The quantitative estimate of drug-likeness (QED) is 0.916. The Morgan fingerprint density at radius 2 is 2.08 bits per heavy atom. The molecule has 0 saturated carbocycles. The first-order chi connectivity index (χ1) is 11.5. The molecule has 2 aromatic rings. The van der Waals surface area contributed by atoms with E-state index in [2.05, 4.69) is 22.0 Å². The fourth-order valence-electron chi connectivity index (χ4n) is 4.10.